The molecule has 176 valence electrons. The summed E-state index contributed by atoms with van der Waals surface area (Å²) in [6.07, 6.45) is 4.24. The van der Waals surface area contributed by atoms with Crippen LogP contribution in [0.4, 0.5) is 16.2 Å². The second kappa shape index (κ2) is 9.09. The van der Waals surface area contributed by atoms with Crippen LogP contribution in [0, 0.1) is 0 Å². The number of carbonyl (C=O) groups is 1. The molecule has 2 aromatic heterocycles. The molecule has 0 bridgehead atoms. The van der Waals surface area contributed by atoms with Gasteiger partial charge in [0.15, 0.2) is 5.82 Å². The number of benzene rings is 2. The maximum atomic E-state index is 11.9. The fraction of sp³-hybridized carbons (Fsp3) is 0.320. The van der Waals surface area contributed by atoms with Gasteiger partial charge in [0.05, 0.1) is 23.0 Å². The standard InChI is InChI=1S/C25H28N6O3/c1-15(2)34-25(32)29-17-8-6-16(7-9-17)24-23(26)20-11-10-19(33-13-22-27-14-28-30-22)12-21(20)31(24)18-4-3-5-18/h6-12,14-15,18H,3-5,13,26H2,1-2H3,(H,29,32)(H,27,28,30). The highest BCUT2D eigenvalue weighted by atomic mass is 16.6. The van der Waals surface area contributed by atoms with E-state index in [2.05, 4.69) is 25.1 Å². The molecule has 0 radical (unpaired) electrons. The normalized spacial score (nSPS) is 13.7. The van der Waals surface area contributed by atoms with Crippen molar-refractivity contribution in [3.05, 3.63) is 54.6 Å². The van der Waals surface area contributed by atoms with Crippen molar-refractivity contribution in [2.45, 2.75) is 51.9 Å². The van der Waals surface area contributed by atoms with Gasteiger partial charge in [0.2, 0.25) is 0 Å². The first kappa shape index (κ1) is 21.8. The molecule has 1 aliphatic carbocycles. The van der Waals surface area contributed by atoms with Gasteiger partial charge in [0.25, 0.3) is 0 Å². The highest BCUT2D eigenvalue weighted by Gasteiger charge is 2.27. The average Bonchev–Trinajstić information content (AvgIpc) is 3.38. The number of nitrogens with one attached hydrogen (secondary N) is 2. The number of rotatable bonds is 7. The molecule has 5 rings (SSSR count). The number of carbonyl (C=O) groups excluding carboxylic acids is 1. The van der Waals surface area contributed by atoms with Gasteiger partial charge in [-0.15, -0.1) is 0 Å². The molecule has 2 aromatic carbocycles. The first-order valence-corrected chi connectivity index (χ1v) is 11.5. The van der Waals surface area contributed by atoms with Gasteiger partial charge in [-0.2, -0.15) is 5.10 Å². The van der Waals surface area contributed by atoms with Crippen LogP contribution in [0.1, 0.15) is 45.0 Å². The van der Waals surface area contributed by atoms with Crippen molar-refractivity contribution in [1.82, 2.24) is 19.7 Å². The Bertz CT molecular complexity index is 1290. The maximum absolute atomic E-state index is 11.9. The molecule has 1 saturated carbocycles. The van der Waals surface area contributed by atoms with Gasteiger partial charge in [-0.1, -0.05) is 12.1 Å². The summed E-state index contributed by atoms with van der Waals surface area (Å²) < 4.78 is 13.4. The highest BCUT2D eigenvalue weighted by Crippen LogP contribution is 2.45. The third kappa shape index (κ3) is 4.28. The molecule has 2 heterocycles. The van der Waals surface area contributed by atoms with Crippen molar-refractivity contribution in [1.29, 1.82) is 0 Å². The molecule has 1 aliphatic rings. The van der Waals surface area contributed by atoms with E-state index in [1.54, 1.807) is 0 Å². The molecule has 1 amide bonds. The Morgan fingerprint density at radius 2 is 2.03 bits per heavy atom. The van der Waals surface area contributed by atoms with Crippen molar-refractivity contribution < 1.29 is 14.3 Å². The van der Waals surface area contributed by atoms with E-state index in [4.69, 9.17) is 15.2 Å². The number of hydrogen-bond acceptors (Lipinski definition) is 6. The van der Waals surface area contributed by atoms with Gasteiger partial charge in [-0.25, -0.2) is 9.78 Å². The zero-order valence-electron chi connectivity index (χ0n) is 19.2. The first-order valence-electron chi connectivity index (χ1n) is 11.5. The van der Waals surface area contributed by atoms with Gasteiger partial charge in [-0.05, 0) is 57.4 Å². The van der Waals surface area contributed by atoms with Crippen LogP contribution in [-0.2, 0) is 11.3 Å². The van der Waals surface area contributed by atoms with Crippen molar-refractivity contribution in [2.75, 3.05) is 11.1 Å². The van der Waals surface area contributed by atoms with Crippen LogP contribution in [0.5, 0.6) is 5.75 Å². The summed E-state index contributed by atoms with van der Waals surface area (Å²) >= 11 is 0. The van der Waals surface area contributed by atoms with E-state index >= 15 is 0 Å². The number of nitrogens with two attached hydrogens (primary N) is 1. The van der Waals surface area contributed by atoms with Gasteiger partial charge in [0.1, 0.15) is 18.7 Å². The van der Waals surface area contributed by atoms with Crippen molar-refractivity contribution in [3.63, 3.8) is 0 Å². The molecule has 4 N–H and O–H groups in total. The van der Waals surface area contributed by atoms with Gasteiger partial charge in [0, 0.05) is 28.7 Å². The number of aromatic nitrogens is 4. The second-order valence-electron chi connectivity index (χ2n) is 8.77. The van der Waals surface area contributed by atoms with Crippen molar-refractivity contribution in [2.24, 2.45) is 0 Å². The summed E-state index contributed by atoms with van der Waals surface area (Å²) in [5, 5.41) is 10.4. The zero-order valence-corrected chi connectivity index (χ0v) is 19.2. The predicted molar refractivity (Wildman–Crippen MR) is 131 cm³/mol. The number of nitrogens with zero attached hydrogens (tertiary/aromatic N) is 3. The van der Waals surface area contributed by atoms with E-state index in [0.29, 0.717) is 24.2 Å². The molecular formula is C25H28N6O3. The molecule has 4 aromatic rings. The minimum Gasteiger partial charge on any atom is -0.486 e. The number of amides is 1. The lowest BCUT2D eigenvalue weighted by Crippen LogP contribution is -2.18. The molecule has 34 heavy (non-hydrogen) atoms. The fourth-order valence-corrected chi connectivity index (χ4v) is 4.25. The van der Waals surface area contributed by atoms with E-state index in [-0.39, 0.29) is 6.10 Å². The van der Waals surface area contributed by atoms with Gasteiger partial charge >= 0.3 is 6.09 Å². The third-order valence-corrected chi connectivity index (χ3v) is 6.04. The maximum Gasteiger partial charge on any atom is 0.411 e. The number of ether oxygens (including phenoxy) is 2. The highest BCUT2D eigenvalue weighted by molar-refractivity contribution is 6.01. The Morgan fingerprint density at radius 3 is 2.68 bits per heavy atom. The predicted octanol–water partition coefficient (Wildman–Crippen LogP) is 5.27. The number of aromatic amines is 1. The van der Waals surface area contributed by atoms with Crippen LogP contribution >= 0.6 is 0 Å². The Hall–Kier alpha value is -4.01. The van der Waals surface area contributed by atoms with Crippen LogP contribution in [0.15, 0.2) is 48.8 Å². The zero-order chi connectivity index (χ0) is 23.7. The molecule has 0 aliphatic heterocycles. The molecular weight excluding hydrogens is 432 g/mol. The number of nitrogen functional groups attached to an aromatic ring is 1. The molecule has 1 fully saturated rings. The Balaban J connectivity index is 1.47. The van der Waals surface area contributed by atoms with Crippen LogP contribution in [0.2, 0.25) is 0 Å². The lowest BCUT2D eigenvalue weighted by molar-refractivity contribution is 0.130. The fourth-order valence-electron chi connectivity index (χ4n) is 4.25. The van der Waals surface area contributed by atoms with E-state index in [0.717, 1.165) is 46.4 Å². The van der Waals surface area contributed by atoms with E-state index < -0.39 is 6.09 Å². The van der Waals surface area contributed by atoms with Crippen LogP contribution in [0.25, 0.3) is 22.2 Å². The van der Waals surface area contributed by atoms with E-state index in [1.165, 1.54) is 12.7 Å². The summed E-state index contributed by atoms with van der Waals surface area (Å²) in [4.78, 5) is 16.0. The van der Waals surface area contributed by atoms with E-state index in [1.807, 2.05) is 56.3 Å². The monoisotopic (exact) mass is 460 g/mol. The smallest absolute Gasteiger partial charge is 0.411 e. The summed E-state index contributed by atoms with van der Waals surface area (Å²) in [7, 11) is 0. The number of hydrogen-bond donors (Lipinski definition) is 3. The molecule has 0 saturated heterocycles. The first-order chi connectivity index (χ1) is 16.5. The van der Waals surface area contributed by atoms with Crippen LogP contribution in [-0.4, -0.2) is 31.9 Å². The number of fused-ring (bicyclic) bond motifs is 1. The largest absolute Gasteiger partial charge is 0.486 e. The van der Waals surface area contributed by atoms with E-state index in [9.17, 15) is 4.79 Å². The minimum atomic E-state index is -0.469. The third-order valence-electron chi connectivity index (χ3n) is 6.04. The SMILES string of the molecule is CC(C)OC(=O)Nc1ccc(-c2c(N)c3ccc(OCc4ncn[nH]4)cc3n2C2CCC2)cc1. The molecule has 9 nitrogen and oxygen atoms in total. The Kier molecular flexibility index (Phi) is 5.83. The number of anilines is 2. The summed E-state index contributed by atoms with van der Waals surface area (Å²) in [5.41, 5.74) is 11.1. The lowest BCUT2D eigenvalue weighted by Gasteiger charge is -2.30. The molecule has 9 heteroatoms. The Labute approximate surface area is 197 Å². The molecule has 0 atom stereocenters. The molecule has 0 spiro atoms. The number of H-pyrrole nitrogens is 1. The van der Waals surface area contributed by atoms with Gasteiger partial charge < -0.3 is 19.8 Å². The molecule has 0 unspecified atom stereocenters. The average molecular weight is 461 g/mol. The summed E-state index contributed by atoms with van der Waals surface area (Å²) in [6, 6.07) is 14.1. The summed E-state index contributed by atoms with van der Waals surface area (Å²) in [5.74, 6) is 1.41. The van der Waals surface area contributed by atoms with Crippen LogP contribution < -0.4 is 15.8 Å². The quantitative estimate of drug-likeness (QED) is 0.346. The van der Waals surface area contributed by atoms with Crippen molar-refractivity contribution in [3.8, 4) is 17.0 Å². The minimum absolute atomic E-state index is 0.179. The van der Waals surface area contributed by atoms with Crippen molar-refractivity contribution >= 4 is 28.4 Å². The lowest BCUT2D eigenvalue weighted by atomic mass is 9.92. The Morgan fingerprint density at radius 1 is 1.24 bits per heavy atom. The summed E-state index contributed by atoms with van der Waals surface area (Å²) in [6.45, 7) is 3.94. The van der Waals surface area contributed by atoms with Crippen LogP contribution in [0.3, 0.4) is 0 Å². The van der Waals surface area contributed by atoms with Gasteiger partial charge in [-0.3, -0.25) is 10.4 Å². The topological polar surface area (TPSA) is 120 Å². The second-order valence-corrected chi connectivity index (χ2v) is 8.77.